The van der Waals surface area contributed by atoms with Crippen molar-refractivity contribution in [2.24, 2.45) is 0 Å². The lowest BCUT2D eigenvalue weighted by Crippen LogP contribution is -2.34. The smallest absolute Gasteiger partial charge is 0.417 e. The molecule has 0 radical (unpaired) electrons. The average Bonchev–Trinajstić information content (AvgIpc) is 2.36. The van der Waals surface area contributed by atoms with Gasteiger partial charge < -0.3 is 15.2 Å². The van der Waals surface area contributed by atoms with Gasteiger partial charge in [0.05, 0.1) is 8.95 Å². The molecule has 2 N–H and O–H groups in total. The Balaban J connectivity index is 2.71. The summed E-state index contributed by atoms with van der Waals surface area (Å²) in [6.45, 7) is 2.73. The van der Waals surface area contributed by atoms with E-state index in [-0.39, 0.29) is 5.75 Å². The van der Waals surface area contributed by atoms with Gasteiger partial charge in [-0.05, 0) is 62.5 Å². The standard InChI is InChI=1S/C13H16Br2F3NO2/c1-2-3-19-6-8-4-9(14)12(10(15)5-8)21-7-11(20)13(16,17)18/h4-5,11,19-20H,2-3,6-7H2,1H3. The summed E-state index contributed by atoms with van der Waals surface area (Å²) in [5.74, 6) is 0.234. The minimum Gasteiger partial charge on any atom is -0.488 e. The first-order valence-corrected chi connectivity index (χ1v) is 7.90. The molecule has 0 amide bonds. The van der Waals surface area contributed by atoms with Crippen LogP contribution in [0.5, 0.6) is 5.75 Å². The second-order valence-corrected chi connectivity index (χ2v) is 6.14. The van der Waals surface area contributed by atoms with E-state index in [1.165, 1.54) is 0 Å². The van der Waals surface area contributed by atoms with Gasteiger partial charge in [0.15, 0.2) is 6.10 Å². The number of aliphatic hydroxyl groups excluding tert-OH is 1. The van der Waals surface area contributed by atoms with Crippen LogP contribution < -0.4 is 10.1 Å². The number of alkyl halides is 3. The Morgan fingerprint density at radius 2 is 1.86 bits per heavy atom. The highest BCUT2D eigenvalue weighted by molar-refractivity contribution is 9.11. The first-order chi connectivity index (χ1) is 9.75. The topological polar surface area (TPSA) is 41.5 Å². The predicted molar refractivity (Wildman–Crippen MR) is 81.4 cm³/mol. The summed E-state index contributed by atoms with van der Waals surface area (Å²) in [5.41, 5.74) is 0.964. The van der Waals surface area contributed by atoms with Crippen molar-refractivity contribution < 1.29 is 23.0 Å². The zero-order valence-electron chi connectivity index (χ0n) is 11.3. The van der Waals surface area contributed by atoms with Gasteiger partial charge in [0.25, 0.3) is 0 Å². The zero-order chi connectivity index (χ0) is 16.0. The van der Waals surface area contributed by atoms with E-state index in [2.05, 4.69) is 44.1 Å². The van der Waals surface area contributed by atoms with Gasteiger partial charge in [0.1, 0.15) is 12.4 Å². The van der Waals surface area contributed by atoms with Gasteiger partial charge in [0, 0.05) is 6.54 Å². The third kappa shape index (κ3) is 6.14. The quantitative estimate of drug-likeness (QED) is 0.637. The monoisotopic (exact) mass is 433 g/mol. The van der Waals surface area contributed by atoms with E-state index >= 15 is 0 Å². The van der Waals surface area contributed by atoms with Crippen LogP contribution in [-0.2, 0) is 6.54 Å². The highest BCUT2D eigenvalue weighted by Crippen LogP contribution is 2.35. The maximum absolute atomic E-state index is 12.2. The average molecular weight is 435 g/mol. The fraction of sp³-hybridized carbons (Fsp3) is 0.538. The number of ether oxygens (including phenoxy) is 1. The van der Waals surface area contributed by atoms with E-state index in [0.717, 1.165) is 18.5 Å². The van der Waals surface area contributed by atoms with Gasteiger partial charge in [-0.2, -0.15) is 13.2 Å². The van der Waals surface area contributed by atoms with E-state index in [0.29, 0.717) is 15.5 Å². The minimum atomic E-state index is -4.69. The van der Waals surface area contributed by atoms with Crippen LogP contribution in [0, 0.1) is 0 Å². The summed E-state index contributed by atoms with van der Waals surface area (Å²) in [6, 6.07) is 3.53. The van der Waals surface area contributed by atoms with Crippen molar-refractivity contribution in [2.45, 2.75) is 32.2 Å². The Kier molecular flexibility index (Phi) is 7.46. The second kappa shape index (κ2) is 8.36. The Hall–Kier alpha value is -0.310. The molecule has 0 aliphatic heterocycles. The molecular weight excluding hydrogens is 419 g/mol. The van der Waals surface area contributed by atoms with E-state index in [9.17, 15) is 13.2 Å². The molecule has 120 valence electrons. The van der Waals surface area contributed by atoms with Crippen molar-refractivity contribution in [2.75, 3.05) is 13.2 Å². The zero-order valence-corrected chi connectivity index (χ0v) is 14.5. The lowest BCUT2D eigenvalue weighted by atomic mass is 10.2. The molecule has 0 saturated heterocycles. The lowest BCUT2D eigenvalue weighted by molar-refractivity contribution is -0.210. The Morgan fingerprint density at radius 3 is 2.33 bits per heavy atom. The summed E-state index contributed by atoms with van der Waals surface area (Å²) in [5, 5.41) is 12.2. The molecule has 1 unspecified atom stereocenters. The summed E-state index contributed by atoms with van der Waals surface area (Å²) in [6.07, 6.45) is -6.19. The van der Waals surface area contributed by atoms with Crippen molar-refractivity contribution in [1.82, 2.24) is 5.32 Å². The third-order valence-electron chi connectivity index (χ3n) is 2.58. The number of benzene rings is 1. The molecule has 0 aliphatic carbocycles. The van der Waals surface area contributed by atoms with Crippen molar-refractivity contribution in [3.05, 3.63) is 26.6 Å². The second-order valence-electron chi connectivity index (χ2n) is 4.43. The number of rotatable bonds is 7. The van der Waals surface area contributed by atoms with E-state index < -0.39 is 18.9 Å². The van der Waals surface area contributed by atoms with Crippen molar-refractivity contribution >= 4 is 31.9 Å². The summed E-state index contributed by atoms with van der Waals surface area (Å²) >= 11 is 6.52. The number of halogens is 5. The molecule has 0 aliphatic rings. The third-order valence-corrected chi connectivity index (χ3v) is 3.76. The van der Waals surface area contributed by atoms with Crippen LogP contribution in [0.4, 0.5) is 13.2 Å². The molecule has 1 rings (SSSR count). The highest BCUT2D eigenvalue weighted by atomic mass is 79.9. The number of nitrogens with one attached hydrogen (secondary N) is 1. The molecule has 0 heterocycles. The van der Waals surface area contributed by atoms with Gasteiger partial charge in [-0.3, -0.25) is 0 Å². The highest BCUT2D eigenvalue weighted by Gasteiger charge is 2.38. The van der Waals surface area contributed by atoms with E-state index in [4.69, 9.17) is 9.84 Å². The van der Waals surface area contributed by atoms with Crippen LogP contribution in [0.3, 0.4) is 0 Å². The molecule has 3 nitrogen and oxygen atoms in total. The van der Waals surface area contributed by atoms with Crippen LogP contribution >= 0.6 is 31.9 Å². The summed E-state index contributed by atoms with van der Waals surface area (Å²) < 4.78 is 42.8. The first kappa shape index (κ1) is 18.7. The number of hydrogen-bond donors (Lipinski definition) is 2. The van der Waals surface area contributed by atoms with Crippen LogP contribution in [0.25, 0.3) is 0 Å². The minimum absolute atomic E-state index is 0.234. The normalized spacial score (nSPS) is 13.3. The van der Waals surface area contributed by atoms with Gasteiger partial charge in [-0.15, -0.1) is 0 Å². The molecule has 1 atom stereocenters. The van der Waals surface area contributed by atoms with Gasteiger partial charge in [0.2, 0.25) is 0 Å². The maximum atomic E-state index is 12.2. The Bertz CT molecular complexity index is 446. The van der Waals surface area contributed by atoms with Gasteiger partial charge >= 0.3 is 6.18 Å². The van der Waals surface area contributed by atoms with E-state index in [1.54, 1.807) is 12.1 Å². The molecule has 0 aromatic heterocycles. The predicted octanol–water partition coefficient (Wildman–Crippen LogP) is 4.01. The first-order valence-electron chi connectivity index (χ1n) is 6.32. The maximum Gasteiger partial charge on any atom is 0.417 e. The fourth-order valence-corrected chi connectivity index (χ4v) is 3.03. The molecule has 0 saturated carbocycles. The lowest BCUT2D eigenvalue weighted by Gasteiger charge is -2.17. The molecule has 0 spiro atoms. The van der Waals surface area contributed by atoms with Crippen LogP contribution in [0.15, 0.2) is 21.1 Å². The van der Waals surface area contributed by atoms with Crippen LogP contribution in [0.2, 0.25) is 0 Å². The molecule has 8 heteroatoms. The van der Waals surface area contributed by atoms with Gasteiger partial charge in [-0.25, -0.2) is 0 Å². The van der Waals surface area contributed by atoms with Gasteiger partial charge in [-0.1, -0.05) is 6.92 Å². The van der Waals surface area contributed by atoms with Crippen molar-refractivity contribution in [3.8, 4) is 5.75 Å². The Morgan fingerprint density at radius 1 is 1.29 bits per heavy atom. The number of hydrogen-bond acceptors (Lipinski definition) is 3. The fourth-order valence-electron chi connectivity index (χ4n) is 1.52. The Labute approximate surface area is 138 Å². The molecule has 1 aromatic rings. The molecule has 1 aromatic carbocycles. The molecule has 0 bridgehead atoms. The largest absolute Gasteiger partial charge is 0.488 e. The van der Waals surface area contributed by atoms with Crippen molar-refractivity contribution in [3.63, 3.8) is 0 Å². The number of aliphatic hydroxyl groups is 1. The van der Waals surface area contributed by atoms with E-state index in [1.807, 2.05) is 0 Å². The van der Waals surface area contributed by atoms with Crippen molar-refractivity contribution in [1.29, 1.82) is 0 Å². The summed E-state index contributed by atoms with van der Waals surface area (Å²) in [4.78, 5) is 0. The van der Waals surface area contributed by atoms with Crippen LogP contribution in [-0.4, -0.2) is 30.5 Å². The summed E-state index contributed by atoms with van der Waals surface area (Å²) in [7, 11) is 0. The molecule has 21 heavy (non-hydrogen) atoms. The molecular formula is C13H16Br2F3NO2. The van der Waals surface area contributed by atoms with Crippen LogP contribution in [0.1, 0.15) is 18.9 Å². The SMILES string of the molecule is CCCNCc1cc(Br)c(OCC(O)C(F)(F)F)c(Br)c1. The molecule has 0 fully saturated rings.